The van der Waals surface area contributed by atoms with E-state index in [0.29, 0.717) is 16.5 Å². The lowest BCUT2D eigenvalue weighted by molar-refractivity contribution is -0.386. The molecule has 0 saturated carbocycles. The van der Waals surface area contributed by atoms with Crippen molar-refractivity contribution >= 4 is 21.6 Å². The molecular weight excluding hydrogens is 302 g/mol. The first-order valence-electron chi connectivity index (χ1n) is 5.56. The molecule has 0 amide bonds. The zero-order valence-electron chi connectivity index (χ0n) is 10.6. The maximum absolute atomic E-state index is 11.0. The minimum absolute atomic E-state index is 0.0206. The number of hydrogen-bond donors (Lipinski definition) is 1. The van der Waals surface area contributed by atoms with E-state index < -0.39 is 10.5 Å². The van der Waals surface area contributed by atoms with Gasteiger partial charge in [-0.05, 0) is 31.9 Å². The predicted octanol–water partition coefficient (Wildman–Crippen LogP) is 3.21. The van der Waals surface area contributed by atoms with Crippen LogP contribution in [0.25, 0.3) is 0 Å². The summed E-state index contributed by atoms with van der Waals surface area (Å²) in [5.74, 6) is 0.205. The predicted molar refractivity (Wildman–Crippen MR) is 71.9 cm³/mol. The summed E-state index contributed by atoms with van der Waals surface area (Å²) in [4.78, 5) is 10.5. The van der Waals surface area contributed by atoms with Crippen LogP contribution in [0.3, 0.4) is 0 Å². The van der Waals surface area contributed by atoms with Crippen molar-refractivity contribution in [1.82, 2.24) is 0 Å². The van der Waals surface area contributed by atoms with Crippen LogP contribution in [0.2, 0.25) is 0 Å². The van der Waals surface area contributed by atoms with Crippen molar-refractivity contribution in [3.63, 3.8) is 0 Å². The maximum Gasteiger partial charge on any atom is 0.312 e. The van der Waals surface area contributed by atoms with Crippen molar-refractivity contribution in [1.29, 1.82) is 0 Å². The summed E-state index contributed by atoms with van der Waals surface area (Å²) >= 11 is 3.21. The Hall–Kier alpha value is -1.14. The topological polar surface area (TPSA) is 72.6 Å². The second-order valence-corrected chi connectivity index (χ2v) is 5.38. The molecule has 1 atom stereocenters. The first kappa shape index (κ1) is 14.9. The number of ether oxygens (including phenoxy) is 1. The largest absolute Gasteiger partial charge is 0.484 e. The van der Waals surface area contributed by atoms with E-state index in [1.807, 2.05) is 6.92 Å². The van der Waals surface area contributed by atoms with Crippen LogP contribution < -0.4 is 4.74 Å². The molecule has 100 valence electrons. The van der Waals surface area contributed by atoms with Crippen molar-refractivity contribution in [2.75, 3.05) is 6.61 Å². The molecule has 0 spiro atoms. The Bertz CT molecular complexity index is 460. The number of nitro groups is 1. The van der Waals surface area contributed by atoms with Gasteiger partial charge in [0.2, 0.25) is 0 Å². The van der Waals surface area contributed by atoms with Crippen LogP contribution in [0, 0.1) is 17.0 Å². The average molecular weight is 318 g/mol. The molecule has 0 aliphatic heterocycles. The normalized spacial score (nSPS) is 14.1. The van der Waals surface area contributed by atoms with E-state index in [4.69, 9.17) is 4.74 Å². The van der Waals surface area contributed by atoms with E-state index in [-0.39, 0.29) is 18.0 Å². The molecule has 0 fully saturated rings. The average Bonchev–Trinajstić information content (AvgIpc) is 2.26. The monoisotopic (exact) mass is 317 g/mol. The summed E-state index contributed by atoms with van der Waals surface area (Å²) in [5.41, 5.74) is -0.440. The second kappa shape index (κ2) is 5.67. The number of nitrogens with zero attached hydrogens (tertiary/aromatic N) is 1. The van der Waals surface area contributed by atoms with Crippen molar-refractivity contribution in [3.05, 3.63) is 32.3 Å². The fraction of sp³-hybridized carbons (Fsp3) is 0.500. The van der Waals surface area contributed by atoms with E-state index in [1.54, 1.807) is 19.9 Å². The number of benzene rings is 1. The molecule has 0 bridgehead atoms. The molecule has 6 heteroatoms. The number of halogens is 1. The lowest BCUT2D eigenvalue weighted by atomic mass is 10.1. The van der Waals surface area contributed by atoms with Gasteiger partial charge in [0.05, 0.1) is 10.5 Å². The van der Waals surface area contributed by atoms with Gasteiger partial charge in [-0.15, -0.1) is 0 Å². The van der Waals surface area contributed by atoms with Crippen LogP contribution in [0.15, 0.2) is 16.6 Å². The summed E-state index contributed by atoms with van der Waals surface area (Å²) in [6, 6.07) is 3.13. The van der Waals surface area contributed by atoms with Crippen LogP contribution in [-0.4, -0.2) is 22.2 Å². The number of aryl methyl sites for hydroxylation is 1. The van der Waals surface area contributed by atoms with Crippen LogP contribution in [0.5, 0.6) is 5.75 Å². The van der Waals surface area contributed by atoms with Gasteiger partial charge in [-0.1, -0.05) is 22.9 Å². The van der Waals surface area contributed by atoms with Gasteiger partial charge in [0.1, 0.15) is 6.61 Å². The minimum Gasteiger partial charge on any atom is -0.484 e. The number of aliphatic hydroxyl groups is 1. The number of hydrogen-bond acceptors (Lipinski definition) is 4. The van der Waals surface area contributed by atoms with Gasteiger partial charge >= 0.3 is 5.69 Å². The Balaban J connectivity index is 3.04. The summed E-state index contributed by atoms with van der Waals surface area (Å²) in [7, 11) is 0. The third kappa shape index (κ3) is 3.68. The minimum atomic E-state index is -0.993. The standard InChI is InChI=1S/C12H16BrNO4/c1-4-12(3,15)7-18-11-8(2)5-9(13)6-10(11)14(16)17/h5-6,15H,4,7H2,1-3H3. The molecule has 0 radical (unpaired) electrons. The maximum atomic E-state index is 11.0. The summed E-state index contributed by atoms with van der Waals surface area (Å²) in [5, 5.41) is 20.8. The molecule has 0 aromatic heterocycles. The molecule has 0 saturated heterocycles. The van der Waals surface area contributed by atoms with Gasteiger partial charge in [0.25, 0.3) is 0 Å². The van der Waals surface area contributed by atoms with Crippen LogP contribution in [0.4, 0.5) is 5.69 Å². The van der Waals surface area contributed by atoms with Crippen molar-refractivity contribution < 1.29 is 14.8 Å². The van der Waals surface area contributed by atoms with Gasteiger partial charge in [-0.2, -0.15) is 0 Å². The summed E-state index contributed by atoms with van der Waals surface area (Å²) in [6.07, 6.45) is 0.510. The first-order chi connectivity index (χ1) is 8.26. The Morgan fingerprint density at radius 1 is 1.56 bits per heavy atom. The highest BCUT2D eigenvalue weighted by Crippen LogP contribution is 2.34. The molecule has 18 heavy (non-hydrogen) atoms. The highest BCUT2D eigenvalue weighted by Gasteiger charge is 2.23. The van der Waals surface area contributed by atoms with E-state index in [1.165, 1.54) is 6.07 Å². The highest BCUT2D eigenvalue weighted by molar-refractivity contribution is 9.10. The Labute approximate surface area is 114 Å². The molecule has 1 rings (SSSR count). The van der Waals surface area contributed by atoms with Crippen molar-refractivity contribution in [2.45, 2.75) is 32.8 Å². The zero-order chi connectivity index (χ0) is 13.9. The molecule has 1 aromatic rings. The van der Waals surface area contributed by atoms with Crippen molar-refractivity contribution in [2.24, 2.45) is 0 Å². The molecule has 1 unspecified atom stereocenters. The Morgan fingerprint density at radius 3 is 2.67 bits per heavy atom. The fourth-order valence-corrected chi connectivity index (χ4v) is 1.93. The van der Waals surface area contributed by atoms with E-state index >= 15 is 0 Å². The van der Waals surface area contributed by atoms with Crippen LogP contribution >= 0.6 is 15.9 Å². The van der Waals surface area contributed by atoms with Crippen LogP contribution in [-0.2, 0) is 0 Å². The SMILES string of the molecule is CCC(C)(O)COc1c(C)cc(Br)cc1[N+](=O)[O-]. The zero-order valence-corrected chi connectivity index (χ0v) is 12.2. The van der Waals surface area contributed by atoms with Gasteiger partial charge in [-0.25, -0.2) is 0 Å². The van der Waals surface area contributed by atoms with Gasteiger partial charge < -0.3 is 9.84 Å². The van der Waals surface area contributed by atoms with Gasteiger partial charge in [-0.3, -0.25) is 10.1 Å². The summed E-state index contributed by atoms with van der Waals surface area (Å²) in [6.45, 7) is 5.21. The quantitative estimate of drug-likeness (QED) is 0.668. The Morgan fingerprint density at radius 2 is 2.17 bits per heavy atom. The molecule has 0 heterocycles. The van der Waals surface area contributed by atoms with Crippen LogP contribution in [0.1, 0.15) is 25.8 Å². The lowest BCUT2D eigenvalue weighted by Gasteiger charge is -2.22. The van der Waals surface area contributed by atoms with E-state index in [0.717, 1.165) is 0 Å². The molecule has 5 nitrogen and oxygen atoms in total. The third-order valence-electron chi connectivity index (χ3n) is 2.71. The molecule has 1 N–H and O–H groups in total. The lowest BCUT2D eigenvalue weighted by Crippen LogP contribution is -2.31. The van der Waals surface area contributed by atoms with Crippen molar-refractivity contribution in [3.8, 4) is 5.75 Å². The fourth-order valence-electron chi connectivity index (χ4n) is 1.37. The van der Waals surface area contributed by atoms with E-state index in [9.17, 15) is 15.2 Å². The third-order valence-corrected chi connectivity index (χ3v) is 3.16. The number of nitro benzene ring substituents is 1. The van der Waals surface area contributed by atoms with E-state index in [2.05, 4.69) is 15.9 Å². The summed E-state index contributed by atoms with van der Waals surface area (Å²) < 4.78 is 6.05. The van der Waals surface area contributed by atoms with Gasteiger partial charge in [0, 0.05) is 10.5 Å². The first-order valence-corrected chi connectivity index (χ1v) is 6.36. The highest BCUT2D eigenvalue weighted by atomic mass is 79.9. The molecule has 0 aliphatic carbocycles. The Kier molecular flexibility index (Phi) is 4.70. The molecule has 1 aromatic carbocycles. The smallest absolute Gasteiger partial charge is 0.312 e. The second-order valence-electron chi connectivity index (χ2n) is 4.47. The number of rotatable bonds is 5. The molecule has 0 aliphatic rings. The van der Waals surface area contributed by atoms with Gasteiger partial charge in [0.15, 0.2) is 5.75 Å². The molecular formula is C12H16BrNO4.